The van der Waals surface area contributed by atoms with Crippen molar-refractivity contribution in [1.29, 1.82) is 0 Å². The molecule has 0 fully saturated rings. The van der Waals surface area contributed by atoms with Crippen LogP contribution in [0.5, 0.6) is 11.5 Å². The lowest BCUT2D eigenvalue weighted by molar-refractivity contribution is -0.113. The zero-order chi connectivity index (χ0) is 19.9. The Bertz CT molecular complexity index is 929. The van der Waals surface area contributed by atoms with Gasteiger partial charge in [0.15, 0.2) is 22.5 Å². The van der Waals surface area contributed by atoms with Crippen LogP contribution in [0.3, 0.4) is 0 Å². The van der Waals surface area contributed by atoms with E-state index in [0.717, 1.165) is 5.56 Å². The SMILES string of the molecule is CCOc1cc(C)ccc1OCc1nnc(SCC(=O)Nc2nncs2)n1C. The molecule has 1 amide bonds. The van der Waals surface area contributed by atoms with E-state index in [9.17, 15) is 4.79 Å². The summed E-state index contributed by atoms with van der Waals surface area (Å²) in [5.74, 6) is 2.02. The number of thioether (sulfide) groups is 1. The molecule has 0 bridgehead atoms. The van der Waals surface area contributed by atoms with Gasteiger partial charge in [0.2, 0.25) is 11.0 Å². The number of anilines is 1. The Hall–Kier alpha value is -2.66. The van der Waals surface area contributed by atoms with E-state index in [2.05, 4.69) is 25.7 Å². The van der Waals surface area contributed by atoms with Crippen LogP contribution in [0.4, 0.5) is 5.13 Å². The zero-order valence-electron chi connectivity index (χ0n) is 15.7. The molecule has 0 aliphatic carbocycles. The fourth-order valence-electron chi connectivity index (χ4n) is 2.25. The monoisotopic (exact) mass is 420 g/mol. The van der Waals surface area contributed by atoms with E-state index in [1.807, 2.05) is 39.1 Å². The second-order valence-electron chi connectivity index (χ2n) is 5.71. The van der Waals surface area contributed by atoms with Crippen molar-refractivity contribution in [1.82, 2.24) is 25.0 Å². The Kier molecular flexibility index (Phi) is 6.82. The summed E-state index contributed by atoms with van der Waals surface area (Å²) in [6.45, 7) is 4.73. The molecule has 0 unspecified atom stereocenters. The normalized spacial score (nSPS) is 10.7. The Morgan fingerprint density at radius 1 is 1.25 bits per heavy atom. The number of hydrogen-bond donors (Lipinski definition) is 1. The molecule has 3 rings (SSSR count). The summed E-state index contributed by atoms with van der Waals surface area (Å²) in [6.07, 6.45) is 0. The van der Waals surface area contributed by atoms with Gasteiger partial charge in [0.05, 0.1) is 12.4 Å². The van der Waals surface area contributed by atoms with Gasteiger partial charge in [0.25, 0.3) is 0 Å². The third kappa shape index (κ3) is 5.20. The topological polar surface area (TPSA) is 104 Å². The molecule has 0 radical (unpaired) electrons. The first-order valence-corrected chi connectivity index (χ1v) is 10.4. The summed E-state index contributed by atoms with van der Waals surface area (Å²) in [6, 6.07) is 5.78. The molecule has 1 aromatic carbocycles. The van der Waals surface area contributed by atoms with Gasteiger partial charge in [-0.15, -0.1) is 20.4 Å². The number of nitrogens with one attached hydrogen (secondary N) is 1. The highest BCUT2D eigenvalue weighted by molar-refractivity contribution is 7.99. The van der Waals surface area contributed by atoms with Crippen LogP contribution in [0.25, 0.3) is 0 Å². The third-order valence-electron chi connectivity index (χ3n) is 3.62. The average molecular weight is 421 g/mol. The van der Waals surface area contributed by atoms with Crippen LogP contribution in [0.1, 0.15) is 18.3 Å². The maximum absolute atomic E-state index is 11.9. The third-order valence-corrected chi connectivity index (χ3v) is 5.25. The van der Waals surface area contributed by atoms with Gasteiger partial charge in [0.1, 0.15) is 12.1 Å². The average Bonchev–Trinajstić information content (AvgIpc) is 3.30. The number of aromatic nitrogens is 5. The molecule has 1 N–H and O–H groups in total. The minimum Gasteiger partial charge on any atom is -0.490 e. The molecule has 2 heterocycles. The number of benzene rings is 1. The summed E-state index contributed by atoms with van der Waals surface area (Å²) >= 11 is 2.55. The number of amides is 1. The molecule has 148 valence electrons. The maximum atomic E-state index is 11.9. The molecule has 0 aliphatic heterocycles. The first-order valence-electron chi connectivity index (χ1n) is 8.50. The summed E-state index contributed by atoms with van der Waals surface area (Å²) in [5, 5.41) is 19.5. The van der Waals surface area contributed by atoms with Gasteiger partial charge >= 0.3 is 0 Å². The number of aryl methyl sites for hydroxylation is 1. The first-order chi connectivity index (χ1) is 13.6. The van der Waals surface area contributed by atoms with Crippen molar-refractivity contribution in [3.8, 4) is 11.5 Å². The van der Waals surface area contributed by atoms with Crippen LogP contribution in [-0.2, 0) is 18.4 Å². The fourth-order valence-corrected chi connectivity index (χ4v) is 3.45. The van der Waals surface area contributed by atoms with Crippen LogP contribution in [0.2, 0.25) is 0 Å². The van der Waals surface area contributed by atoms with E-state index in [0.29, 0.717) is 34.2 Å². The molecule has 0 aliphatic rings. The van der Waals surface area contributed by atoms with Gasteiger partial charge in [-0.1, -0.05) is 29.2 Å². The predicted octanol–water partition coefficient (Wildman–Crippen LogP) is 2.68. The minimum absolute atomic E-state index is 0.177. The van der Waals surface area contributed by atoms with E-state index in [4.69, 9.17) is 9.47 Å². The van der Waals surface area contributed by atoms with E-state index in [-0.39, 0.29) is 18.3 Å². The van der Waals surface area contributed by atoms with Crippen molar-refractivity contribution in [3.63, 3.8) is 0 Å². The lowest BCUT2D eigenvalue weighted by Crippen LogP contribution is -2.14. The van der Waals surface area contributed by atoms with Crippen molar-refractivity contribution < 1.29 is 14.3 Å². The lowest BCUT2D eigenvalue weighted by Gasteiger charge is -2.12. The largest absolute Gasteiger partial charge is 0.490 e. The van der Waals surface area contributed by atoms with Crippen LogP contribution >= 0.6 is 23.1 Å². The van der Waals surface area contributed by atoms with Crippen molar-refractivity contribution >= 4 is 34.1 Å². The second-order valence-corrected chi connectivity index (χ2v) is 7.49. The number of hydrogen-bond acceptors (Lipinski definition) is 9. The first kappa shape index (κ1) is 20.1. The Labute approximate surface area is 170 Å². The van der Waals surface area contributed by atoms with Gasteiger partial charge in [0, 0.05) is 7.05 Å². The zero-order valence-corrected chi connectivity index (χ0v) is 17.3. The Balaban J connectivity index is 1.57. The van der Waals surface area contributed by atoms with Gasteiger partial charge in [-0.25, -0.2) is 0 Å². The maximum Gasteiger partial charge on any atom is 0.236 e. The highest BCUT2D eigenvalue weighted by Gasteiger charge is 2.14. The highest BCUT2D eigenvalue weighted by atomic mass is 32.2. The van der Waals surface area contributed by atoms with E-state index < -0.39 is 0 Å². The molecule has 28 heavy (non-hydrogen) atoms. The van der Waals surface area contributed by atoms with Gasteiger partial charge in [-0.05, 0) is 31.5 Å². The number of rotatable bonds is 9. The van der Waals surface area contributed by atoms with Gasteiger partial charge < -0.3 is 14.0 Å². The Morgan fingerprint density at radius 3 is 2.86 bits per heavy atom. The van der Waals surface area contributed by atoms with Gasteiger partial charge in [-0.2, -0.15) is 0 Å². The summed E-state index contributed by atoms with van der Waals surface area (Å²) in [4.78, 5) is 11.9. The van der Waals surface area contributed by atoms with Crippen LogP contribution in [0, 0.1) is 6.92 Å². The number of ether oxygens (including phenoxy) is 2. The highest BCUT2D eigenvalue weighted by Crippen LogP contribution is 2.29. The van der Waals surface area contributed by atoms with Gasteiger partial charge in [-0.3, -0.25) is 10.1 Å². The Morgan fingerprint density at radius 2 is 2.11 bits per heavy atom. The molecule has 3 aromatic rings. The van der Waals surface area contributed by atoms with Crippen molar-refractivity contribution in [3.05, 3.63) is 35.1 Å². The number of carbonyl (C=O) groups is 1. The predicted molar refractivity (Wildman–Crippen MR) is 107 cm³/mol. The summed E-state index contributed by atoms with van der Waals surface area (Å²) in [5.41, 5.74) is 2.66. The molecule has 9 nitrogen and oxygen atoms in total. The molecule has 0 saturated carbocycles. The van der Waals surface area contributed by atoms with Crippen LogP contribution in [0.15, 0.2) is 28.9 Å². The fraction of sp³-hybridized carbons (Fsp3) is 0.353. The number of carbonyl (C=O) groups excluding carboxylic acids is 1. The molecule has 0 saturated heterocycles. The van der Waals surface area contributed by atoms with Crippen LogP contribution < -0.4 is 14.8 Å². The molecule has 0 spiro atoms. The molecular weight excluding hydrogens is 400 g/mol. The quantitative estimate of drug-likeness (QED) is 0.527. The smallest absolute Gasteiger partial charge is 0.236 e. The van der Waals surface area contributed by atoms with Crippen LogP contribution in [-0.4, -0.2) is 43.2 Å². The molecule has 11 heteroatoms. The molecular formula is C17H20N6O3S2. The van der Waals surface area contributed by atoms with Crippen molar-refractivity contribution in [2.75, 3.05) is 17.7 Å². The van der Waals surface area contributed by atoms with Crippen molar-refractivity contribution in [2.24, 2.45) is 7.05 Å². The number of nitrogens with zero attached hydrogens (tertiary/aromatic N) is 5. The van der Waals surface area contributed by atoms with E-state index >= 15 is 0 Å². The second kappa shape index (κ2) is 9.51. The molecule has 2 aromatic heterocycles. The van der Waals surface area contributed by atoms with Crippen molar-refractivity contribution in [2.45, 2.75) is 25.6 Å². The molecule has 0 atom stereocenters. The minimum atomic E-state index is -0.177. The lowest BCUT2D eigenvalue weighted by atomic mass is 10.2. The summed E-state index contributed by atoms with van der Waals surface area (Å²) < 4.78 is 13.3. The van der Waals surface area contributed by atoms with E-state index in [1.165, 1.54) is 23.1 Å². The summed E-state index contributed by atoms with van der Waals surface area (Å²) in [7, 11) is 1.84. The standard InChI is InChI=1S/C17H20N6O3S2/c1-4-25-13-7-11(2)5-6-12(13)26-8-14-20-22-17(23(14)3)27-9-15(24)19-16-21-18-10-28-16/h5-7,10H,4,8-9H2,1-3H3,(H,19,21,24). The van der Waals surface area contributed by atoms with E-state index in [1.54, 1.807) is 10.1 Å².